The fourth-order valence-corrected chi connectivity index (χ4v) is 5.12. The van der Waals surface area contributed by atoms with E-state index in [9.17, 15) is 4.79 Å². The highest BCUT2D eigenvalue weighted by atomic mass is 16.5. The van der Waals surface area contributed by atoms with Crippen LogP contribution in [0.25, 0.3) is 11.5 Å². The van der Waals surface area contributed by atoms with Crippen LogP contribution in [0.1, 0.15) is 78.3 Å². The monoisotopic (exact) mass is 459 g/mol. The summed E-state index contributed by atoms with van der Waals surface area (Å²) >= 11 is 0. The van der Waals surface area contributed by atoms with Gasteiger partial charge in [-0.05, 0) is 44.4 Å². The smallest absolute Gasteiger partial charge is 0.260 e. The summed E-state index contributed by atoms with van der Waals surface area (Å²) in [6.45, 7) is 5.09. The van der Waals surface area contributed by atoms with Crippen LogP contribution in [0.5, 0.6) is 0 Å². The van der Waals surface area contributed by atoms with Crippen LogP contribution >= 0.6 is 0 Å². The van der Waals surface area contributed by atoms with Gasteiger partial charge in [0.1, 0.15) is 17.3 Å². The Labute approximate surface area is 198 Å². The van der Waals surface area contributed by atoms with Crippen molar-refractivity contribution in [1.82, 2.24) is 24.7 Å². The second kappa shape index (κ2) is 7.68. The van der Waals surface area contributed by atoms with Gasteiger partial charge >= 0.3 is 0 Å². The molecule has 9 nitrogen and oxygen atoms in total. The van der Waals surface area contributed by atoms with Crippen LogP contribution in [-0.4, -0.2) is 44.4 Å². The maximum atomic E-state index is 13.6. The van der Waals surface area contributed by atoms with Crippen molar-refractivity contribution in [3.8, 4) is 11.5 Å². The van der Waals surface area contributed by atoms with Gasteiger partial charge in [0.15, 0.2) is 5.82 Å². The van der Waals surface area contributed by atoms with Crippen LogP contribution in [0.2, 0.25) is 0 Å². The van der Waals surface area contributed by atoms with Gasteiger partial charge in [-0.3, -0.25) is 14.7 Å². The average Bonchev–Trinajstić information content (AvgIpc) is 3.16. The van der Waals surface area contributed by atoms with Gasteiger partial charge in [-0.1, -0.05) is 13.0 Å². The van der Waals surface area contributed by atoms with Crippen molar-refractivity contribution in [2.75, 3.05) is 18.6 Å². The summed E-state index contributed by atoms with van der Waals surface area (Å²) in [6.07, 6.45) is 4.11. The Morgan fingerprint density at radius 3 is 2.85 bits per heavy atom. The quantitative estimate of drug-likeness (QED) is 0.603. The minimum Gasteiger partial charge on any atom is -0.383 e. The van der Waals surface area contributed by atoms with Crippen LogP contribution in [-0.2, 0) is 23.1 Å². The van der Waals surface area contributed by atoms with E-state index in [0.29, 0.717) is 30.6 Å². The molecule has 0 bridgehead atoms. The maximum absolute atomic E-state index is 13.6. The van der Waals surface area contributed by atoms with Crippen molar-refractivity contribution in [3.63, 3.8) is 0 Å². The number of nitrogens with two attached hydrogens (primary N) is 1. The zero-order valence-electron chi connectivity index (χ0n) is 19.8. The molecule has 0 radical (unpaired) electrons. The number of carbonyl (C=O) groups excluding carboxylic acids is 1. The number of rotatable bonds is 6. The highest BCUT2D eigenvalue weighted by Gasteiger charge is 2.43. The molecule has 0 unspecified atom stereocenters. The first-order valence-corrected chi connectivity index (χ1v) is 11.9. The number of aromatic nitrogens is 5. The lowest BCUT2D eigenvalue weighted by molar-refractivity contribution is 0.0995. The van der Waals surface area contributed by atoms with Crippen molar-refractivity contribution in [3.05, 3.63) is 52.6 Å². The molecule has 2 aliphatic heterocycles. The number of hydrogen-bond acceptors (Lipinski definition) is 7. The first kappa shape index (κ1) is 21.4. The van der Waals surface area contributed by atoms with Gasteiger partial charge in [-0.25, -0.2) is 4.98 Å². The van der Waals surface area contributed by atoms with Gasteiger partial charge in [-0.2, -0.15) is 0 Å². The van der Waals surface area contributed by atoms with E-state index in [1.165, 1.54) is 0 Å². The van der Waals surface area contributed by atoms with Gasteiger partial charge in [0.25, 0.3) is 5.91 Å². The first-order valence-electron chi connectivity index (χ1n) is 11.9. The van der Waals surface area contributed by atoms with Crippen LogP contribution in [0.15, 0.2) is 24.3 Å². The average molecular weight is 460 g/mol. The molecule has 5 heterocycles. The van der Waals surface area contributed by atoms with Gasteiger partial charge in [0, 0.05) is 41.8 Å². The fourth-order valence-electron chi connectivity index (χ4n) is 5.12. The summed E-state index contributed by atoms with van der Waals surface area (Å²) in [5, 5.41) is 8.74. The molecule has 3 aromatic rings. The van der Waals surface area contributed by atoms with Crippen molar-refractivity contribution < 1.29 is 9.53 Å². The van der Waals surface area contributed by atoms with Gasteiger partial charge in [-0.15, -0.1) is 10.2 Å². The maximum Gasteiger partial charge on any atom is 0.260 e. The van der Waals surface area contributed by atoms with Crippen molar-refractivity contribution >= 4 is 11.7 Å². The summed E-state index contributed by atoms with van der Waals surface area (Å²) in [5.41, 5.74) is 10.4. The number of aryl methyl sites for hydroxylation is 1. The number of carbonyl (C=O) groups is 1. The van der Waals surface area contributed by atoms with E-state index in [2.05, 4.69) is 28.6 Å². The molecule has 2 atom stereocenters. The topological polar surface area (TPSA) is 112 Å². The summed E-state index contributed by atoms with van der Waals surface area (Å²) in [5.74, 6) is 2.26. The number of fused-ring (bicyclic) bond motifs is 2. The third kappa shape index (κ3) is 3.25. The predicted molar refractivity (Wildman–Crippen MR) is 126 cm³/mol. The standard InChI is InChI=1S/C25H29N7O2/c1-14-7-8-21-29-30-23(32(14)21)18-5-4-6-20(27-18)31-12-16-15(24(31)33)11-19(25(2)9-10-25)28-22(16)17(26)13-34-3/h4-6,11,14,17H,7-10,12-13,26H2,1-3H3/t14-,17+/m0/s1. The molecule has 0 spiro atoms. The lowest BCUT2D eigenvalue weighted by Crippen LogP contribution is -2.24. The molecule has 0 aromatic carbocycles. The number of nitrogens with zero attached hydrogens (tertiary/aromatic N) is 6. The molecule has 1 fully saturated rings. The fraction of sp³-hybridized carbons (Fsp3) is 0.480. The number of ether oxygens (including phenoxy) is 1. The van der Waals surface area contributed by atoms with E-state index in [4.69, 9.17) is 20.4 Å². The minimum absolute atomic E-state index is 0.0210. The molecule has 6 rings (SSSR count). The van der Waals surface area contributed by atoms with E-state index in [-0.39, 0.29) is 11.3 Å². The Bertz CT molecular complexity index is 1300. The molecule has 3 aliphatic rings. The van der Waals surface area contributed by atoms with Gasteiger partial charge < -0.3 is 15.0 Å². The molecule has 3 aromatic heterocycles. The normalized spacial score (nSPS) is 21.0. The lowest BCUT2D eigenvalue weighted by Gasteiger charge is -2.18. The van der Waals surface area contributed by atoms with Crippen molar-refractivity contribution in [2.45, 2.75) is 63.6 Å². The van der Waals surface area contributed by atoms with Crippen molar-refractivity contribution in [1.29, 1.82) is 0 Å². The zero-order chi connectivity index (χ0) is 23.6. The molecule has 1 aliphatic carbocycles. The molecule has 0 saturated heterocycles. The van der Waals surface area contributed by atoms with E-state index < -0.39 is 6.04 Å². The lowest BCUT2D eigenvalue weighted by atomic mass is 9.97. The first-order chi connectivity index (χ1) is 16.4. The second-order valence-corrected chi connectivity index (χ2v) is 10.0. The highest BCUT2D eigenvalue weighted by molar-refractivity contribution is 6.10. The highest BCUT2D eigenvalue weighted by Crippen LogP contribution is 2.48. The molecule has 1 amide bonds. The Balaban J connectivity index is 1.39. The van der Waals surface area contributed by atoms with Crippen LogP contribution in [0.3, 0.4) is 0 Å². The number of anilines is 1. The van der Waals surface area contributed by atoms with Gasteiger partial charge in [0.05, 0.1) is 24.9 Å². The SMILES string of the molecule is COC[C@@H](N)c1nc(C2(C)CC2)cc2c1CN(c1cccc(-c3nnc4n3[C@@H](C)CC4)n1)C2=O. The number of hydrogen-bond donors (Lipinski definition) is 1. The van der Waals surface area contributed by atoms with Crippen LogP contribution in [0, 0.1) is 0 Å². The molecular weight excluding hydrogens is 430 g/mol. The Morgan fingerprint density at radius 2 is 2.09 bits per heavy atom. The minimum atomic E-state index is -0.395. The summed E-state index contributed by atoms with van der Waals surface area (Å²) in [4.78, 5) is 25.1. The van der Waals surface area contributed by atoms with Crippen molar-refractivity contribution in [2.24, 2.45) is 5.73 Å². The molecule has 34 heavy (non-hydrogen) atoms. The molecule has 176 valence electrons. The van der Waals surface area contributed by atoms with E-state index in [0.717, 1.165) is 60.0 Å². The third-order valence-electron chi connectivity index (χ3n) is 7.50. The molecule has 9 heteroatoms. The molecular formula is C25H29N7O2. The third-order valence-corrected chi connectivity index (χ3v) is 7.50. The summed E-state index contributed by atoms with van der Waals surface area (Å²) < 4.78 is 7.46. The van der Waals surface area contributed by atoms with Crippen LogP contribution in [0.4, 0.5) is 5.82 Å². The second-order valence-electron chi connectivity index (χ2n) is 10.0. The van der Waals surface area contributed by atoms with Gasteiger partial charge in [0.2, 0.25) is 0 Å². The van der Waals surface area contributed by atoms with E-state index in [1.54, 1.807) is 12.0 Å². The van der Waals surface area contributed by atoms with E-state index in [1.807, 2.05) is 24.3 Å². The number of pyridine rings is 2. The zero-order valence-corrected chi connectivity index (χ0v) is 19.8. The largest absolute Gasteiger partial charge is 0.383 e. The molecule has 1 saturated carbocycles. The molecule has 2 N–H and O–H groups in total. The Hall–Kier alpha value is -3.17. The number of methoxy groups -OCH3 is 1. The Morgan fingerprint density at radius 1 is 1.26 bits per heavy atom. The predicted octanol–water partition coefficient (Wildman–Crippen LogP) is 3.10. The van der Waals surface area contributed by atoms with Crippen LogP contribution < -0.4 is 10.6 Å². The summed E-state index contributed by atoms with van der Waals surface area (Å²) in [6, 6.07) is 7.61. The number of amides is 1. The van der Waals surface area contributed by atoms with E-state index >= 15 is 0 Å². The Kier molecular flexibility index (Phi) is 4.82. The summed E-state index contributed by atoms with van der Waals surface area (Å²) in [7, 11) is 1.63.